The van der Waals surface area contributed by atoms with Crippen molar-refractivity contribution in [3.63, 3.8) is 0 Å². The van der Waals surface area contributed by atoms with E-state index in [9.17, 15) is 0 Å². The number of hydrogen-bond donors (Lipinski definition) is 1. The molecule has 0 aliphatic carbocycles. The van der Waals surface area contributed by atoms with Crippen molar-refractivity contribution < 1.29 is 0 Å². The number of nitriles is 1. The standard InChI is InChI=1S/C12H18N4/c1-4-5-6-7-14-12-11(8-13)9(2)10(3)15-16-12/h4-7H2,1-3H3,(H,14,16). The molecule has 0 amide bonds. The molecule has 0 bridgehead atoms. The molecule has 0 aliphatic rings. The first-order valence-corrected chi connectivity index (χ1v) is 5.68. The van der Waals surface area contributed by atoms with Crippen LogP contribution >= 0.6 is 0 Å². The Morgan fingerprint density at radius 3 is 2.62 bits per heavy atom. The fourth-order valence-electron chi connectivity index (χ4n) is 1.45. The number of rotatable bonds is 5. The Kier molecular flexibility index (Phi) is 4.71. The van der Waals surface area contributed by atoms with E-state index in [-0.39, 0.29) is 0 Å². The molecule has 0 aromatic carbocycles. The van der Waals surface area contributed by atoms with Crippen molar-refractivity contribution in [2.24, 2.45) is 0 Å². The van der Waals surface area contributed by atoms with E-state index in [1.54, 1.807) is 0 Å². The number of anilines is 1. The lowest BCUT2D eigenvalue weighted by Gasteiger charge is -2.08. The highest BCUT2D eigenvalue weighted by molar-refractivity contribution is 5.55. The second kappa shape index (κ2) is 6.06. The van der Waals surface area contributed by atoms with Gasteiger partial charge < -0.3 is 5.32 Å². The lowest BCUT2D eigenvalue weighted by atomic mass is 10.1. The zero-order valence-electron chi connectivity index (χ0n) is 10.2. The molecule has 0 spiro atoms. The molecule has 4 heteroatoms. The summed E-state index contributed by atoms with van der Waals surface area (Å²) in [5.74, 6) is 0.613. The van der Waals surface area contributed by atoms with Gasteiger partial charge in [-0.25, -0.2) is 0 Å². The number of unbranched alkanes of at least 4 members (excludes halogenated alkanes) is 2. The summed E-state index contributed by atoms with van der Waals surface area (Å²) in [6, 6.07) is 2.18. The van der Waals surface area contributed by atoms with Gasteiger partial charge in [0.2, 0.25) is 0 Å². The minimum Gasteiger partial charge on any atom is -0.367 e. The summed E-state index contributed by atoms with van der Waals surface area (Å²) >= 11 is 0. The topological polar surface area (TPSA) is 61.6 Å². The van der Waals surface area contributed by atoms with Gasteiger partial charge in [0.15, 0.2) is 5.82 Å². The maximum atomic E-state index is 9.07. The van der Waals surface area contributed by atoms with Crippen LogP contribution in [0, 0.1) is 25.2 Å². The maximum absolute atomic E-state index is 9.07. The fourth-order valence-corrected chi connectivity index (χ4v) is 1.45. The van der Waals surface area contributed by atoms with Crippen molar-refractivity contribution in [1.29, 1.82) is 5.26 Å². The highest BCUT2D eigenvalue weighted by Gasteiger charge is 2.09. The summed E-state index contributed by atoms with van der Waals surface area (Å²) in [4.78, 5) is 0. The van der Waals surface area contributed by atoms with Crippen LogP contribution in [0.1, 0.15) is 43.0 Å². The third kappa shape index (κ3) is 2.93. The summed E-state index contributed by atoms with van der Waals surface area (Å²) in [7, 11) is 0. The largest absolute Gasteiger partial charge is 0.367 e. The van der Waals surface area contributed by atoms with Crippen LogP contribution in [0.15, 0.2) is 0 Å². The summed E-state index contributed by atoms with van der Waals surface area (Å²) < 4.78 is 0. The summed E-state index contributed by atoms with van der Waals surface area (Å²) in [5.41, 5.74) is 2.34. The highest BCUT2D eigenvalue weighted by Crippen LogP contribution is 2.16. The summed E-state index contributed by atoms with van der Waals surface area (Å²) in [6.07, 6.45) is 3.47. The first-order chi connectivity index (χ1) is 7.70. The molecule has 0 radical (unpaired) electrons. The lowest BCUT2D eigenvalue weighted by Crippen LogP contribution is -2.08. The highest BCUT2D eigenvalue weighted by atomic mass is 15.2. The molecule has 0 atom stereocenters. The molecule has 0 fully saturated rings. The van der Waals surface area contributed by atoms with Crippen molar-refractivity contribution in [3.8, 4) is 6.07 Å². The van der Waals surface area contributed by atoms with Crippen LogP contribution in [0.2, 0.25) is 0 Å². The van der Waals surface area contributed by atoms with Crippen LogP contribution in [0.5, 0.6) is 0 Å². The fraction of sp³-hybridized carbons (Fsp3) is 0.583. The molecule has 0 saturated heterocycles. The van der Waals surface area contributed by atoms with E-state index in [1.165, 1.54) is 12.8 Å². The van der Waals surface area contributed by atoms with Crippen molar-refractivity contribution in [2.75, 3.05) is 11.9 Å². The van der Waals surface area contributed by atoms with E-state index in [2.05, 4.69) is 28.5 Å². The Bertz CT molecular complexity index is 393. The number of nitrogens with one attached hydrogen (secondary N) is 1. The molecule has 0 unspecified atom stereocenters. The minimum absolute atomic E-state index is 0.613. The first kappa shape index (κ1) is 12.4. The van der Waals surface area contributed by atoms with Crippen LogP contribution < -0.4 is 5.32 Å². The Hall–Kier alpha value is -1.63. The molecule has 86 valence electrons. The van der Waals surface area contributed by atoms with Crippen molar-refractivity contribution in [2.45, 2.75) is 40.0 Å². The quantitative estimate of drug-likeness (QED) is 0.771. The summed E-state index contributed by atoms with van der Waals surface area (Å²) in [5, 5.41) is 20.3. The Labute approximate surface area is 96.7 Å². The normalized spacial score (nSPS) is 9.88. The predicted octanol–water partition coefficient (Wildman–Crippen LogP) is 2.57. The molecule has 1 N–H and O–H groups in total. The van der Waals surface area contributed by atoms with Gasteiger partial charge >= 0.3 is 0 Å². The molecule has 0 saturated carbocycles. The van der Waals surface area contributed by atoms with Crippen LogP contribution in [-0.4, -0.2) is 16.7 Å². The molecule has 1 rings (SSSR count). The number of aromatic nitrogens is 2. The van der Waals surface area contributed by atoms with E-state index in [0.717, 1.165) is 24.2 Å². The van der Waals surface area contributed by atoms with Gasteiger partial charge in [0.05, 0.1) is 5.69 Å². The van der Waals surface area contributed by atoms with Gasteiger partial charge in [-0.05, 0) is 25.8 Å². The van der Waals surface area contributed by atoms with Crippen molar-refractivity contribution in [3.05, 3.63) is 16.8 Å². The van der Waals surface area contributed by atoms with Gasteiger partial charge in [0.25, 0.3) is 0 Å². The third-order valence-corrected chi connectivity index (χ3v) is 2.64. The Morgan fingerprint density at radius 2 is 2.00 bits per heavy atom. The number of nitrogens with zero attached hydrogens (tertiary/aromatic N) is 3. The monoisotopic (exact) mass is 218 g/mol. The van der Waals surface area contributed by atoms with E-state index in [0.29, 0.717) is 11.4 Å². The zero-order valence-corrected chi connectivity index (χ0v) is 10.2. The van der Waals surface area contributed by atoms with E-state index < -0.39 is 0 Å². The predicted molar refractivity (Wildman–Crippen MR) is 64.2 cm³/mol. The van der Waals surface area contributed by atoms with Crippen LogP contribution in [0.25, 0.3) is 0 Å². The molecule has 1 aromatic rings. The van der Waals surface area contributed by atoms with E-state index in [4.69, 9.17) is 5.26 Å². The Morgan fingerprint density at radius 1 is 1.25 bits per heavy atom. The van der Waals surface area contributed by atoms with Gasteiger partial charge in [-0.2, -0.15) is 10.4 Å². The van der Waals surface area contributed by atoms with Crippen LogP contribution in [0.4, 0.5) is 5.82 Å². The number of hydrogen-bond acceptors (Lipinski definition) is 4. The van der Waals surface area contributed by atoms with Gasteiger partial charge in [-0.15, -0.1) is 5.10 Å². The van der Waals surface area contributed by atoms with Gasteiger partial charge in [-0.1, -0.05) is 19.8 Å². The SMILES string of the molecule is CCCCCNc1nnc(C)c(C)c1C#N. The molecule has 4 nitrogen and oxygen atoms in total. The smallest absolute Gasteiger partial charge is 0.166 e. The lowest BCUT2D eigenvalue weighted by molar-refractivity contribution is 0.740. The summed E-state index contributed by atoms with van der Waals surface area (Å²) in [6.45, 7) is 6.78. The molecule has 1 heterocycles. The van der Waals surface area contributed by atoms with E-state index in [1.807, 2.05) is 13.8 Å². The molecule has 1 aromatic heterocycles. The van der Waals surface area contributed by atoms with Crippen LogP contribution in [0.3, 0.4) is 0 Å². The minimum atomic E-state index is 0.613. The third-order valence-electron chi connectivity index (χ3n) is 2.64. The van der Waals surface area contributed by atoms with Gasteiger partial charge in [0, 0.05) is 6.54 Å². The second-order valence-electron chi connectivity index (χ2n) is 3.88. The van der Waals surface area contributed by atoms with Crippen molar-refractivity contribution >= 4 is 5.82 Å². The zero-order chi connectivity index (χ0) is 12.0. The Balaban J connectivity index is 2.73. The second-order valence-corrected chi connectivity index (χ2v) is 3.88. The first-order valence-electron chi connectivity index (χ1n) is 5.68. The average Bonchev–Trinajstić information content (AvgIpc) is 2.29. The van der Waals surface area contributed by atoms with Gasteiger partial charge in [0.1, 0.15) is 11.6 Å². The van der Waals surface area contributed by atoms with E-state index >= 15 is 0 Å². The maximum Gasteiger partial charge on any atom is 0.166 e. The van der Waals surface area contributed by atoms with Crippen LogP contribution in [-0.2, 0) is 0 Å². The van der Waals surface area contributed by atoms with Gasteiger partial charge in [-0.3, -0.25) is 0 Å². The molecule has 16 heavy (non-hydrogen) atoms. The van der Waals surface area contributed by atoms with Crippen molar-refractivity contribution in [1.82, 2.24) is 10.2 Å². The molecule has 0 aliphatic heterocycles. The number of aryl methyl sites for hydroxylation is 1. The average molecular weight is 218 g/mol. The molecular formula is C12H18N4. The molecular weight excluding hydrogens is 200 g/mol.